The van der Waals surface area contributed by atoms with Crippen molar-refractivity contribution < 1.29 is 19.1 Å². The third kappa shape index (κ3) is 4.34. The number of ether oxygens (including phenoxy) is 2. The molecule has 1 amide bonds. The number of amides is 1. The molecule has 0 spiro atoms. The zero-order valence-electron chi connectivity index (χ0n) is 16.7. The highest BCUT2D eigenvalue weighted by Crippen LogP contribution is 2.61. The number of rotatable bonds is 8. The summed E-state index contributed by atoms with van der Waals surface area (Å²) in [6.07, 6.45) is 8.80. The van der Waals surface area contributed by atoms with Crippen molar-refractivity contribution in [3.63, 3.8) is 0 Å². The minimum Gasteiger partial charge on any atom is -0.496 e. The molecule has 4 bridgehead atoms. The van der Waals surface area contributed by atoms with Crippen LogP contribution in [-0.2, 0) is 20.7 Å². The van der Waals surface area contributed by atoms with Gasteiger partial charge in [0.25, 0.3) is 5.91 Å². The zero-order chi connectivity index (χ0) is 19.6. The molecule has 1 aromatic rings. The van der Waals surface area contributed by atoms with Crippen molar-refractivity contribution in [2.24, 2.45) is 23.2 Å². The Morgan fingerprint density at radius 3 is 2.36 bits per heavy atom. The van der Waals surface area contributed by atoms with Gasteiger partial charge >= 0.3 is 5.97 Å². The summed E-state index contributed by atoms with van der Waals surface area (Å²) in [5.41, 5.74) is 1.20. The summed E-state index contributed by atoms with van der Waals surface area (Å²) in [6, 6.07) is 7.76. The molecule has 4 aliphatic carbocycles. The lowest BCUT2D eigenvalue weighted by Gasteiger charge is -2.56. The quantitative estimate of drug-likeness (QED) is 0.696. The molecule has 0 saturated heterocycles. The highest BCUT2D eigenvalue weighted by Gasteiger charge is 2.51. The van der Waals surface area contributed by atoms with Crippen LogP contribution in [0.5, 0.6) is 5.75 Å². The molecule has 4 aliphatic rings. The van der Waals surface area contributed by atoms with Gasteiger partial charge in [0.1, 0.15) is 5.75 Å². The van der Waals surface area contributed by atoms with Crippen LogP contribution in [0.15, 0.2) is 24.3 Å². The van der Waals surface area contributed by atoms with Gasteiger partial charge < -0.3 is 14.8 Å². The molecule has 4 saturated carbocycles. The van der Waals surface area contributed by atoms with Gasteiger partial charge in [-0.15, -0.1) is 0 Å². The third-order valence-electron chi connectivity index (χ3n) is 6.96. The molecule has 5 heteroatoms. The predicted molar refractivity (Wildman–Crippen MR) is 106 cm³/mol. The normalized spacial score (nSPS) is 30.1. The molecular formula is C23H31NO4. The Labute approximate surface area is 167 Å². The van der Waals surface area contributed by atoms with E-state index in [2.05, 4.69) is 5.32 Å². The fraction of sp³-hybridized carbons (Fsp3) is 0.652. The van der Waals surface area contributed by atoms with E-state index in [1.807, 2.05) is 24.3 Å². The first-order chi connectivity index (χ1) is 13.5. The molecule has 0 aromatic heterocycles. The summed E-state index contributed by atoms with van der Waals surface area (Å²) in [7, 11) is 1.64. The maximum Gasteiger partial charge on any atom is 0.306 e. The van der Waals surface area contributed by atoms with Crippen LogP contribution in [0.1, 0.15) is 50.5 Å². The monoisotopic (exact) mass is 385 g/mol. The number of methoxy groups -OCH3 is 1. The summed E-state index contributed by atoms with van der Waals surface area (Å²) < 4.78 is 10.6. The highest BCUT2D eigenvalue weighted by molar-refractivity contribution is 5.80. The molecule has 1 N–H and O–H groups in total. The second kappa shape index (κ2) is 8.14. The SMILES string of the molecule is COc1ccccc1CCNC(=O)COC(=O)CC12CC3CC(CC(C3)C1)C2. The number of carbonyl (C=O) groups excluding carboxylic acids is 2. The van der Waals surface area contributed by atoms with Gasteiger partial charge in [-0.2, -0.15) is 0 Å². The molecule has 28 heavy (non-hydrogen) atoms. The van der Waals surface area contributed by atoms with Gasteiger partial charge in [0, 0.05) is 6.54 Å². The van der Waals surface area contributed by atoms with E-state index in [0.717, 1.165) is 29.1 Å². The Balaban J connectivity index is 1.18. The average molecular weight is 386 g/mol. The van der Waals surface area contributed by atoms with E-state index in [-0.39, 0.29) is 23.9 Å². The van der Waals surface area contributed by atoms with Gasteiger partial charge in [-0.3, -0.25) is 9.59 Å². The van der Waals surface area contributed by atoms with Gasteiger partial charge in [-0.1, -0.05) is 18.2 Å². The second-order valence-electron chi connectivity index (χ2n) is 9.17. The van der Waals surface area contributed by atoms with E-state index in [9.17, 15) is 9.59 Å². The average Bonchev–Trinajstić information content (AvgIpc) is 2.65. The number of esters is 1. The number of nitrogens with one attached hydrogen (secondary N) is 1. The van der Waals surface area contributed by atoms with Gasteiger partial charge in [0.15, 0.2) is 6.61 Å². The Kier molecular flexibility index (Phi) is 5.61. The Morgan fingerprint density at radius 2 is 1.71 bits per heavy atom. The first kappa shape index (κ1) is 19.3. The van der Waals surface area contributed by atoms with E-state index in [1.165, 1.54) is 38.5 Å². The van der Waals surface area contributed by atoms with E-state index < -0.39 is 0 Å². The highest BCUT2D eigenvalue weighted by atomic mass is 16.5. The van der Waals surface area contributed by atoms with Crippen LogP contribution in [0, 0.1) is 23.2 Å². The van der Waals surface area contributed by atoms with Crippen LogP contribution >= 0.6 is 0 Å². The van der Waals surface area contributed by atoms with Crippen molar-refractivity contribution in [2.75, 3.05) is 20.3 Å². The summed E-state index contributed by atoms with van der Waals surface area (Å²) in [6.45, 7) is 0.308. The minimum atomic E-state index is -0.242. The Morgan fingerprint density at radius 1 is 1.07 bits per heavy atom. The van der Waals surface area contributed by atoms with Gasteiger partial charge in [0.2, 0.25) is 0 Å². The van der Waals surface area contributed by atoms with Crippen LogP contribution in [0.25, 0.3) is 0 Å². The first-order valence-electron chi connectivity index (χ1n) is 10.6. The minimum absolute atomic E-state index is 0.159. The van der Waals surface area contributed by atoms with Crippen molar-refractivity contribution in [1.82, 2.24) is 5.32 Å². The summed E-state index contributed by atoms with van der Waals surface area (Å²) in [4.78, 5) is 24.4. The van der Waals surface area contributed by atoms with Crippen LogP contribution in [0.4, 0.5) is 0 Å². The van der Waals surface area contributed by atoms with E-state index >= 15 is 0 Å². The van der Waals surface area contributed by atoms with Crippen LogP contribution in [0.2, 0.25) is 0 Å². The van der Waals surface area contributed by atoms with E-state index in [1.54, 1.807) is 7.11 Å². The van der Waals surface area contributed by atoms with Crippen molar-refractivity contribution in [3.8, 4) is 5.75 Å². The van der Waals surface area contributed by atoms with Gasteiger partial charge in [0.05, 0.1) is 13.5 Å². The zero-order valence-corrected chi connectivity index (χ0v) is 16.7. The maximum atomic E-state index is 12.4. The Bertz CT molecular complexity index is 694. The molecule has 0 unspecified atom stereocenters. The van der Waals surface area contributed by atoms with Gasteiger partial charge in [-0.05, 0) is 79.7 Å². The molecule has 4 fully saturated rings. The summed E-state index contributed by atoms with van der Waals surface area (Å²) in [5.74, 6) is 2.82. The molecule has 1 aromatic carbocycles. The van der Waals surface area contributed by atoms with Crippen LogP contribution in [-0.4, -0.2) is 32.1 Å². The van der Waals surface area contributed by atoms with Crippen molar-refractivity contribution in [2.45, 2.75) is 51.4 Å². The number of benzene rings is 1. The molecular weight excluding hydrogens is 354 g/mol. The second-order valence-corrected chi connectivity index (χ2v) is 9.17. The number of hydrogen-bond donors (Lipinski definition) is 1. The largest absolute Gasteiger partial charge is 0.496 e. The van der Waals surface area contributed by atoms with E-state index in [4.69, 9.17) is 9.47 Å². The summed E-state index contributed by atoms with van der Waals surface area (Å²) in [5, 5.41) is 2.83. The predicted octanol–water partition coefficient (Wildman–Crippen LogP) is 3.50. The molecule has 5 rings (SSSR count). The molecule has 0 aliphatic heterocycles. The third-order valence-corrected chi connectivity index (χ3v) is 6.96. The summed E-state index contributed by atoms with van der Waals surface area (Å²) >= 11 is 0. The molecule has 152 valence electrons. The van der Waals surface area contributed by atoms with Crippen molar-refractivity contribution >= 4 is 11.9 Å². The van der Waals surface area contributed by atoms with Crippen molar-refractivity contribution in [1.29, 1.82) is 0 Å². The molecule has 0 heterocycles. The molecule has 5 nitrogen and oxygen atoms in total. The lowest BCUT2D eigenvalue weighted by molar-refractivity contribution is -0.155. The maximum absolute atomic E-state index is 12.4. The van der Waals surface area contributed by atoms with Gasteiger partial charge in [-0.25, -0.2) is 0 Å². The number of hydrogen-bond acceptors (Lipinski definition) is 4. The first-order valence-corrected chi connectivity index (χ1v) is 10.6. The molecule has 0 atom stereocenters. The number of para-hydroxylation sites is 1. The van der Waals surface area contributed by atoms with Crippen LogP contribution in [0.3, 0.4) is 0 Å². The topological polar surface area (TPSA) is 64.6 Å². The smallest absolute Gasteiger partial charge is 0.306 e. The van der Waals surface area contributed by atoms with E-state index in [0.29, 0.717) is 19.4 Å². The lowest BCUT2D eigenvalue weighted by atomic mass is 9.49. The Hall–Kier alpha value is -2.04. The standard InChI is InChI=1S/C23H31NO4/c1-27-20-5-3-2-4-19(20)6-7-24-21(25)15-28-22(26)14-23-11-16-8-17(12-23)10-18(9-16)13-23/h2-5,16-18H,6-15H2,1H3,(H,24,25). The van der Waals surface area contributed by atoms with Crippen molar-refractivity contribution in [3.05, 3.63) is 29.8 Å². The van der Waals surface area contributed by atoms with Crippen LogP contribution < -0.4 is 10.1 Å². The number of carbonyl (C=O) groups is 2. The molecule has 0 radical (unpaired) electrons. The lowest BCUT2D eigenvalue weighted by Crippen LogP contribution is -2.47. The fourth-order valence-electron chi connectivity index (χ4n) is 6.31. The fourth-order valence-corrected chi connectivity index (χ4v) is 6.31.